The van der Waals surface area contributed by atoms with Gasteiger partial charge in [-0.15, -0.1) is 0 Å². The fourth-order valence-electron chi connectivity index (χ4n) is 4.20. The molecular weight excluding hydrogens is 404 g/mol. The molecule has 0 saturated heterocycles. The average Bonchev–Trinajstić information content (AvgIpc) is 2.95. The van der Waals surface area contributed by atoms with Gasteiger partial charge in [0.2, 0.25) is 0 Å². The van der Waals surface area contributed by atoms with Crippen LogP contribution in [0.15, 0.2) is 35.9 Å². The number of esters is 1. The highest BCUT2D eigenvalue weighted by Gasteiger charge is 2.42. The lowest BCUT2D eigenvalue weighted by Crippen LogP contribution is -2.41. The van der Waals surface area contributed by atoms with E-state index in [4.69, 9.17) is 9.16 Å². The molecule has 5 heteroatoms. The first-order valence-corrected chi connectivity index (χ1v) is 14.2. The van der Waals surface area contributed by atoms with Crippen molar-refractivity contribution in [2.75, 3.05) is 6.61 Å². The monoisotopic (exact) mass is 442 g/mol. The minimum Gasteiger partial charge on any atom is -0.508 e. The molecule has 31 heavy (non-hydrogen) atoms. The van der Waals surface area contributed by atoms with E-state index in [0.29, 0.717) is 13.0 Å². The van der Waals surface area contributed by atoms with Crippen LogP contribution in [-0.2, 0) is 14.0 Å². The topological polar surface area (TPSA) is 55.8 Å². The Hall–Kier alpha value is -1.85. The Labute approximate surface area is 188 Å². The van der Waals surface area contributed by atoms with Gasteiger partial charge in [-0.05, 0) is 79.6 Å². The van der Waals surface area contributed by atoms with Crippen molar-refractivity contribution < 1.29 is 19.1 Å². The molecule has 0 spiro atoms. The predicted molar refractivity (Wildman–Crippen MR) is 129 cm³/mol. The van der Waals surface area contributed by atoms with E-state index in [2.05, 4.69) is 52.1 Å². The second-order valence-corrected chi connectivity index (χ2v) is 16.3. The number of rotatable bonds is 5. The molecule has 3 rings (SSSR count). The van der Waals surface area contributed by atoms with Crippen LogP contribution in [-0.4, -0.2) is 31.6 Å². The van der Waals surface area contributed by atoms with Crippen LogP contribution < -0.4 is 0 Å². The third kappa shape index (κ3) is 5.32. The van der Waals surface area contributed by atoms with Crippen LogP contribution in [0.2, 0.25) is 18.1 Å². The SMILES string of the molecule is CC(C)(C)OC(=O)C[C@@H]1C(CO[Si](C)(C)C(C)(C)C)=C[C@H]2c3ccc(O)cc3C=C[C@@H]12. The molecule has 1 aromatic carbocycles. The van der Waals surface area contributed by atoms with Crippen LogP contribution in [0.5, 0.6) is 5.75 Å². The smallest absolute Gasteiger partial charge is 0.306 e. The molecule has 0 aromatic heterocycles. The van der Waals surface area contributed by atoms with Crippen molar-refractivity contribution in [3.63, 3.8) is 0 Å². The highest BCUT2D eigenvalue weighted by atomic mass is 28.4. The summed E-state index contributed by atoms with van der Waals surface area (Å²) in [7, 11) is -1.92. The molecule has 0 amide bonds. The fourth-order valence-corrected chi connectivity index (χ4v) is 5.16. The average molecular weight is 443 g/mol. The summed E-state index contributed by atoms with van der Waals surface area (Å²) in [5, 5.41) is 10.0. The third-order valence-corrected chi connectivity index (χ3v) is 11.4. The Morgan fingerprint density at radius 3 is 2.42 bits per heavy atom. The fraction of sp³-hybridized carbons (Fsp3) is 0.577. The quantitative estimate of drug-likeness (QED) is 0.324. The lowest BCUT2D eigenvalue weighted by atomic mass is 9.76. The van der Waals surface area contributed by atoms with Crippen molar-refractivity contribution in [1.29, 1.82) is 0 Å². The molecule has 2 aliphatic rings. The highest BCUT2D eigenvalue weighted by molar-refractivity contribution is 6.74. The maximum absolute atomic E-state index is 12.7. The first-order valence-electron chi connectivity index (χ1n) is 11.3. The number of carbonyl (C=O) groups is 1. The molecule has 0 aliphatic heterocycles. The van der Waals surface area contributed by atoms with Crippen molar-refractivity contribution in [3.05, 3.63) is 47.1 Å². The van der Waals surface area contributed by atoms with Crippen LogP contribution in [0.3, 0.4) is 0 Å². The maximum Gasteiger partial charge on any atom is 0.306 e. The van der Waals surface area contributed by atoms with Crippen LogP contribution in [0.25, 0.3) is 6.08 Å². The number of ether oxygens (including phenoxy) is 1. The molecule has 3 atom stereocenters. The molecule has 1 aromatic rings. The van der Waals surface area contributed by atoms with E-state index in [0.717, 1.165) is 5.56 Å². The number of fused-ring (bicyclic) bond motifs is 3. The van der Waals surface area contributed by atoms with Crippen molar-refractivity contribution in [3.8, 4) is 5.75 Å². The lowest BCUT2D eigenvalue weighted by Gasteiger charge is -2.37. The van der Waals surface area contributed by atoms with Gasteiger partial charge in [0.25, 0.3) is 0 Å². The van der Waals surface area contributed by atoms with Crippen molar-refractivity contribution in [1.82, 2.24) is 0 Å². The highest BCUT2D eigenvalue weighted by Crippen LogP contribution is 2.49. The van der Waals surface area contributed by atoms with Gasteiger partial charge in [-0.3, -0.25) is 4.79 Å². The number of hydrogen-bond acceptors (Lipinski definition) is 4. The Balaban J connectivity index is 1.89. The zero-order chi connectivity index (χ0) is 23.2. The van der Waals surface area contributed by atoms with Gasteiger partial charge in [-0.1, -0.05) is 45.1 Å². The van der Waals surface area contributed by atoms with Gasteiger partial charge < -0.3 is 14.3 Å². The van der Waals surface area contributed by atoms with E-state index in [-0.39, 0.29) is 34.5 Å². The van der Waals surface area contributed by atoms with Gasteiger partial charge in [0.05, 0.1) is 13.0 Å². The van der Waals surface area contributed by atoms with E-state index >= 15 is 0 Å². The Morgan fingerprint density at radius 2 is 1.81 bits per heavy atom. The number of hydrogen-bond donors (Lipinski definition) is 1. The molecule has 0 heterocycles. The van der Waals surface area contributed by atoms with Gasteiger partial charge in [-0.2, -0.15) is 0 Å². The number of benzene rings is 1. The largest absolute Gasteiger partial charge is 0.508 e. The third-order valence-electron chi connectivity index (χ3n) is 6.89. The van der Waals surface area contributed by atoms with Crippen LogP contribution in [0, 0.1) is 11.8 Å². The predicted octanol–water partition coefficient (Wildman–Crippen LogP) is 6.43. The van der Waals surface area contributed by atoms with E-state index < -0.39 is 13.9 Å². The Morgan fingerprint density at radius 1 is 1.13 bits per heavy atom. The number of aromatic hydroxyl groups is 1. The zero-order valence-electron chi connectivity index (χ0n) is 20.3. The molecule has 0 bridgehead atoms. The summed E-state index contributed by atoms with van der Waals surface area (Å²) in [5.41, 5.74) is 2.93. The number of allylic oxidation sites excluding steroid dienone is 2. The summed E-state index contributed by atoms with van der Waals surface area (Å²) in [6.07, 6.45) is 6.91. The lowest BCUT2D eigenvalue weighted by molar-refractivity contribution is -0.155. The summed E-state index contributed by atoms with van der Waals surface area (Å²) in [5.74, 6) is 0.549. The van der Waals surface area contributed by atoms with Gasteiger partial charge in [0.15, 0.2) is 8.32 Å². The van der Waals surface area contributed by atoms with Crippen molar-refractivity contribution >= 4 is 20.4 Å². The summed E-state index contributed by atoms with van der Waals surface area (Å²) in [6, 6.07) is 5.56. The summed E-state index contributed by atoms with van der Waals surface area (Å²) >= 11 is 0. The first kappa shape index (κ1) is 23.8. The van der Waals surface area contributed by atoms with Crippen LogP contribution >= 0.6 is 0 Å². The molecule has 170 valence electrons. The van der Waals surface area contributed by atoms with Crippen LogP contribution in [0.1, 0.15) is 65.0 Å². The van der Waals surface area contributed by atoms with Gasteiger partial charge in [0.1, 0.15) is 11.4 Å². The molecule has 2 aliphatic carbocycles. The standard InChI is InChI=1S/C26H38O4Si/c1-25(2,3)30-24(28)15-22-18(16-29-31(7,8)26(4,5)6)14-23-20-12-10-19(27)13-17(20)9-11-21(22)23/h9-14,21-23,27H,15-16H2,1-8H3/t21-,22+,23-/m0/s1. The van der Waals surface area contributed by atoms with Crippen molar-refractivity contribution in [2.45, 2.75) is 77.6 Å². The first-order chi connectivity index (χ1) is 14.2. The summed E-state index contributed by atoms with van der Waals surface area (Å²) in [4.78, 5) is 12.7. The second-order valence-electron chi connectivity index (χ2n) is 11.5. The van der Waals surface area contributed by atoms with Crippen LogP contribution in [0.4, 0.5) is 0 Å². The zero-order valence-corrected chi connectivity index (χ0v) is 21.3. The molecule has 4 nitrogen and oxygen atoms in total. The van der Waals surface area contributed by atoms with Crippen molar-refractivity contribution in [2.24, 2.45) is 11.8 Å². The van der Waals surface area contributed by atoms with E-state index in [9.17, 15) is 9.90 Å². The summed E-state index contributed by atoms with van der Waals surface area (Å²) in [6.45, 7) is 17.5. The second kappa shape index (κ2) is 8.25. The Bertz CT molecular complexity index is 899. The molecular formula is C26H38O4Si. The molecule has 0 saturated carbocycles. The number of phenolic OH excluding ortho intramolecular Hbond substituents is 1. The number of phenols is 1. The Kier molecular flexibility index (Phi) is 6.33. The summed E-state index contributed by atoms with van der Waals surface area (Å²) < 4.78 is 12.2. The molecule has 0 fully saturated rings. The van der Waals surface area contributed by atoms with E-state index in [1.807, 2.05) is 32.9 Å². The minimum absolute atomic E-state index is 0.0582. The van der Waals surface area contributed by atoms with E-state index in [1.54, 1.807) is 6.07 Å². The number of carbonyl (C=O) groups excluding carboxylic acids is 1. The van der Waals surface area contributed by atoms with Gasteiger partial charge in [-0.25, -0.2) is 0 Å². The van der Waals surface area contributed by atoms with E-state index in [1.165, 1.54) is 11.1 Å². The molecule has 0 radical (unpaired) electrons. The minimum atomic E-state index is -1.92. The van der Waals surface area contributed by atoms with Gasteiger partial charge in [0, 0.05) is 5.92 Å². The van der Waals surface area contributed by atoms with Gasteiger partial charge >= 0.3 is 5.97 Å². The molecule has 0 unspecified atom stereocenters. The maximum atomic E-state index is 12.7. The molecule has 1 N–H and O–H groups in total. The normalized spacial score (nSPS) is 23.2.